The van der Waals surface area contributed by atoms with E-state index in [4.69, 9.17) is 0 Å². The number of aryl methyl sites for hydroxylation is 2. The maximum atomic E-state index is 12.0. The van der Waals surface area contributed by atoms with Crippen LogP contribution < -0.4 is 10.6 Å². The summed E-state index contributed by atoms with van der Waals surface area (Å²) in [4.78, 5) is 39.9. The molecule has 0 saturated heterocycles. The SMILES string of the molecule is O=C(CCc1ccncn1)NCc1ccc(CNC(=O)CCc2ccncn2)cc1. The van der Waals surface area contributed by atoms with Crippen molar-refractivity contribution < 1.29 is 9.59 Å². The average Bonchev–Trinajstić information content (AvgIpc) is 2.80. The standard InChI is InChI=1S/C22H24N6O2/c29-21(7-5-19-9-11-23-15-27-19)25-13-17-1-2-18(4-3-17)14-26-22(30)8-6-20-10-12-24-16-28-20/h1-4,9-12,15-16H,5-8,13-14H2,(H,25,29)(H,26,30). The number of hydrogen-bond acceptors (Lipinski definition) is 6. The van der Waals surface area contributed by atoms with Gasteiger partial charge >= 0.3 is 0 Å². The molecule has 0 aliphatic carbocycles. The van der Waals surface area contributed by atoms with E-state index in [0.717, 1.165) is 22.5 Å². The van der Waals surface area contributed by atoms with Crippen molar-refractivity contribution in [2.24, 2.45) is 0 Å². The molecule has 2 aromatic heterocycles. The van der Waals surface area contributed by atoms with Gasteiger partial charge in [-0.1, -0.05) is 24.3 Å². The van der Waals surface area contributed by atoms with Gasteiger partial charge in [-0.3, -0.25) is 9.59 Å². The first kappa shape index (κ1) is 21.0. The van der Waals surface area contributed by atoms with Gasteiger partial charge in [0.05, 0.1) is 0 Å². The maximum absolute atomic E-state index is 12.0. The number of rotatable bonds is 10. The topological polar surface area (TPSA) is 110 Å². The first-order chi connectivity index (χ1) is 14.7. The Morgan fingerprint density at radius 3 is 1.47 bits per heavy atom. The lowest BCUT2D eigenvalue weighted by Crippen LogP contribution is -2.24. The van der Waals surface area contributed by atoms with Crippen LogP contribution in [0.3, 0.4) is 0 Å². The predicted octanol–water partition coefficient (Wildman–Crippen LogP) is 1.76. The molecular formula is C22H24N6O2. The molecule has 0 unspecified atom stereocenters. The number of hydrogen-bond donors (Lipinski definition) is 2. The van der Waals surface area contributed by atoms with Gasteiger partial charge in [-0.2, -0.15) is 0 Å². The van der Waals surface area contributed by atoms with Crippen LogP contribution in [0.15, 0.2) is 61.4 Å². The zero-order valence-electron chi connectivity index (χ0n) is 16.6. The summed E-state index contributed by atoms with van der Waals surface area (Å²) in [5.74, 6) is -0.0396. The van der Waals surface area contributed by atoms with Crippen LogP contribution in [0.1, 0.15) is 35.4 Å². The Morgan fingerprint density at radius 1 is 0.667 bits per heavy atom. The Hall–Kier alpha value is -3.68. The lowest BCUT2D eigenvalue weighted by molar-refractivity contribution is -0.122. The van der Waals surface area contributed by atoms with Crippen molar-refractivity contribution in [1.29, 1.82) is 0 Å². The molecule has 2 amide bonds. The lowest BCUT2D eigenvalue weighted by atomic mass is 10.1. The van der Waals surface area contributed by atoms with E-state index < -0.39 is 0 Å². The van der Waals surface area contributed by atoms with Gasteiger partial charge in [-0.25, -0.2) is 19.9 Å². The number of aromatic nitrogens is 4. The quantitative estimate of drug-likeness (QED) is 0.533. The second-order valence-electron chi connectivity index (χ2n) is 6.77. The minimum absolute atomic E-state index is 0.0198. The van der Waals surface area contributed by atoms with Gasteiger partial charge in [-0.05, 0) is 36.1 Å². The minimum atomic E-state index is -0.0198. The molecule has 0 fully saturated rings. The highest BCUT2D eigenvalue weighted by atomic mass is 16.2. The van der Waals surface area contributed by atoms with Crippen LogP contribution in [0.5, 0.6) is 0 Å². The molecule has 0 bridgehead atoms. The Bertz CT molecular complexity index is 854. The smallest absolute Gasteiger partial charge is 0.220 e. The fourth-order valence-electron chi connectivity index (χ4n) is 2.77. The van der Waals surface area contributed by atoms with Crippen molar-refractivity contribution in [2.45, 2.75) is 38.8 Å². The highest BCUT2D eigenvalue weighted by molar-refractivity contribution is 5.76. The van der Waals surface area contributed by atoms with E-state index in [0.29, 0.717) is 38.8 Å². The van der Waals surface area contributed by atoms with Crippen molar-refractivity contribution in [3.63, 3.8) is 0 Å². The predicted molar refractivity (Wildman–Crippen MR) is 111 cm³/mol. The van der Waals surface area contributed by atoms with Gasteiger partial charge in [0.2, 0.25) is 11.8 Å². The zero-order valence-corrected chi connectivity index (χ0v) is 16.6. The number of nitrogens with one attached hydrogen (secondary N) is 2. The summed E-state index contributed by atoms with van der Waals surface area (Å²) >= 11 is 0. The summed E-state index contributed by atoms with van der Waals surface area (Å²) in [6.45, 7) is 0.933. The monoisotopic (exact) mass is 404 g/mol. The van der Waals surface area contributed by atoms with E-state index in [1.54, 1.807) is 24.5 Å². The van der Waals surface area contributed by atoms with Crippen molar-refractivity contribution >= 4 is 11.8 Å². The van der Waals surface area contributed by atoms with Crippen LogP contribution in [0, 0.1) is 0 Å². The molecule has 0 aliphatic heterocycles. The summed E-state index contributed by atoms with van der Waals surface area (Å²) in [6.07, 6.45) is 8.25. The van der Waals surface area contributed by atoms with Crippen LogP contribution in [0.4, 0.5) is 0 Å². The van der Waals surface area contributed by atoms with Gasteiger partial charge in [0.25, 0.3) is 0 Å². The highest BCUT2D eigenvalue weighted by Crippen LogP contribution is 2.05. The normalized spacial score (nSPS) is 10.4. The number of benzene rings is 1. The first-order valence-electron chi connectivity index (χ1n) is 9.80. The van der Waals surface area contributed by atoms with Crippen LogP contribution in [-0.4, -0.2) is 31.8 Å². The first-order valence-corrected chi connectivity index (χ1v) is 9.80. The fourth-order valence-corrected chi connectivity index (χ4v) is 2.77. The molecule has 0 radical (unpaired) electrons. The average molecular weight is 404 g/mol. The maximum Gasteiger partial charge on any atom is 0.220 e. The third-order valence-corrected chi connectivity index (χ3v) is 4.51. The molecule has 0 saturated carbocycles. The van der Waals surface area contributed by atoms with Crippen molar-refractivity contribution in [3.05, 3.63) is 84.0 Å². The summed E-state index contributed by atoms with van der Waals surface area (Å²) in [5.41, 5.74) is 3.71. The summed E-state index contributed by atoms with van der Waals surface area (Å²) in [7, 11) is 0. The molecule has 1 aromatic carbocycles. The van der Waals surface area contributed by atoms with Gasteiger partial charge in [0, 0.05) is 49.7 Å². The Balaban J connectivity index is 1.34. The number of nitrogens with zero attached hydrogens (tertiary/aromatic N) is 4. The van der Waals surface area contributed by atoms with Crippen LogP contribution in [0.25, 0.3) is 0 Å². The van der Waals surface area contributed by atoms with E-state index in [1.165, 1.54) is 12.7 Å². The molecular weight excluding hydrogens is 380 g/mol. The van der Waals surface area contributed by atoms with Crippen LogP contribution >= 0.6 is 0 Å². The summed E-state index contributed by atoms with van der Waals surface area (Å²) < 4.78 is 0. The van der Waals surface area contributed by atoms with E-state index in [-0.39, 0.29) is 11.8 Å². The molecule has 2 heterocycles. The third-order valence-electron chi connectivity index (χ3n) is 4.51. The Morgan fingerprint density at radius 2 is 1.10 bits per heavy atom. The number of carbonyl (C=O) groups is 2. The molecule has 8 heteroatoms. The molecule has 0 spiro atoms. The molecule has 0 atom stereocenters. The van der Waals surface area contributed by atoms with Gasteiger partial charge in [0.15, 0.2) is 0 Å². The summed E-state index contributed by atoms with van der Waals surface area (Å²) in [6, 6.07) is 11.4. The van der Waals surface area contributed by atoms with E-state index >= 15 is 0 Å². The number of amides is 2. The molecule has 8 nitrogen and oxygen atoms in total. The Labute approximate surface area is 175 Å². The second-order valence-corrected chi connectivity index (χ2v) is 6.77. The van der Waals surface area contributed by atoms with Crippen LogP contribution in [-0.2, 0) is 35.5 Å². The number of carbonyl (C=O) groups excluding carboxylic acids is 2. The van der Waals surface area contributed by atoms with Crippen LogP contribution in [0.2, 0.25) is 0 Å². The molecule has 154 valence electrons. The summed E-state index contributed by atoms with van der Waals surface area (Å²) in [5, 5.41) is 5.82. The van der Waals surface area contributed by atoms with E-state index in [1.807, 2.05) is 24.3 Å². The van der Waals surface area contributed by atoms with Gasteiger partial charge < -0.3 is 10.6 Å². The van der Waals surface area contributed by atoms with Crippen molar-refractivity contribution in [2.75, 3.05) is 0 Å². The van der Waals surface area contributed by atoms with Gasteiger partial charge in [-0.15, -0.1) is 0 Å². The largest absolute Gasteiger partial charge is 0.352 e. The van der Waals surface area contributed by atoms with E-state index in [2.05, 4.69) is 30.6 Å². The Kier molecular flexibility index (Phi) is 7.96. The molecule has 0 aliphatic rings. The zero-order chi connectivity index (χ0) is 21.0. The highest BCUT2D eigenvalue weighted by Gasteiger charge is 2.05. The van der Waals surface area contributed by atoms with Crippen molar-refractivity contribution in [3.8, 4) is 0 Å². The lowest BCUT2D eigenvalue weighted by Gasteiger charge is -2.08. The molecule has 30 heavy (non-hydrogen) atoms. The van der Waals surface area contributed by atoms with Gasteiger partial charge in [0.1, 0.15) is 12.7 Å². The fraction of sp³-hybridized carbons (Fsp3) is 0.273. The second kappa shape index (κ2) is 11.4. The molecule has 2 N–H and O–H groups in total. The molecule has 3 rings (SSSR count). The van der Waals surface area contributed by atoms with Crippen molar-refractivity contribution in [1.82, 2.24) is 30.6 Å². The third kappa shape index (κ3) is 7.38. The van der Waals surface area contributed by atoms with E-state index in [9.17, 15) is 9.59 Å². The minimum Gasteiger partial charge on any atom is -0.352 e. The molecule has 3 aromatic rings.